The van der Waals surface area contributed by atoms with Crippen molar-refractivity contribution >= 4 is 39.0 Å². The van der Waals surface area contributed by atoms with Crippen molar-refractivity contribution in [3.05, 3.63) is 38.9 Å². The topological polar surface area (TPSA) is 133 Å². The first kappa shape index (κ1) is 18.1. The van der Waals surface area contributed by atoms with Crippen LogP contribution in [0.4, 0.5) is 5.69 Å². The van der Waals surface area contributed by atoms with Gasteiger partial charge in [0.15, 0.2) is 16.4 Å². The van der Waals surface area contributed by atoms with E-state index in [1.807, 2.05) is 0 Å². The van der Waals surface area contributed by atoms with E-state index in [4.69, 9.17) is 16.3 Å². The molecular weight excluding hydrogens is 364 g/mol. The van der Waals surface area contributed by atoms with Gasteiger partial charge in [0.2, 0.25) is 0 Å². The fraction of sp³-hybridized carbons (Fsp3) is 0.385. The average Bonchev–Trinajstić information content (AvgIpc) is 2.83. The Morgan fingerprint density at radius 3 is 2.71 bits per heavy atom. The minimum Gasteiger partial charge on any atom is -0.452 e. The summed E-state index contributed by atoms with van der Waals surface area (Å²) in [6.45, 7) is -0.644. The number of hydrogen-bond acceptors (Lipinski definition) is 7. The molecule has 0 radical (unpaired) electrons. The van der Waals surface area contributed by atoms with Crippen LogP contribution in [0.5, 0.6) is 0 Å². The minimum absolute atomic E-state index is 0.00102. The van der Waals surface area contributed by atoms with Crippen LogP contribution in [0, 0.1) is 10.1 Å². The number of esters is 1. The maximum Gasteiger partial charge on any atom is 0.340 e. The largest absolute Gasteiger partial charge is 0.452 e. The fourth-order valence-corrected chi connectivity index (χ4v) is 4.04. The van der Waals surface area contributed by atoms with Gasteiger partial charge in [-0.2, -0.15) is 0 Å². The molecule has 1 fully saturated rings. The quantitative estimate of drug-likeness (QED) is 0.454. The second-order valence-electron chi connectivity index (χ2n) is 5.16. The first-order chi connectivity index (χ1) is 11.2. The first-order valence-electron chi connectivity index (χ1n) is 6.79. The van der Waals surface area contributed by atoms with Gasteiger partial charge in [-0.3, -0.25) is 14.9 Å². The molecule has 1 atom stereocenters. The van der Waals surface area contributed by atoms with Crippen LogP contribution in [0.2, 0.25) is 5.02 Å². The summed E-state index contributed by atoms with van der Waals surface area (Å²) >= 11 is 5.79. The number of non-ortho nitro benzene ring substituents is 1. The van der Waals surface area contributed by atoms with Gasteiger partial charge < -0.3 is 10.1 Å². The van der Waals surface area contributed by atoms with Crippen LogP contribution in [0.3, 0.4) is 0 Å². The summed E-state index contributed by atoms with van der Waals surface area (Å²) in [5.74, 6) is -1.80. The molecule has 0 aliphatic carbocycles. The zero-order valence-electron chi connectivity index (χ0n) is 12.2. The van der Waals surface area contributed by atoms with Crippen molar-refractivity contribution in [3.8, 4) is 0 Å². The van der Waals surface area contributed by atoms with Gasteiger partial charge >= 0.3 is 5.97 Å². The van der Waals surface area contributed by atoms with E-state index in [-0.39, 0.29) is 27.8 Å². The normalized spacial score (nSPS) is 18.8. The molecule has 0 bridgehead atoms. The maximum atomic E-state index is 11.9. The van der Waals surface area contributed by atoms with E-state index in [0.717, 1.165) is 12.1 Å². The molecule has 9 nitrogen and oxygen atoms in total. The number of carbonyl (C=O) groups excluding carboxylic acids is 2. The van der Waals surface area contributed by atoms with Crippen LogP contribution in [-0.4, -0.2) is 49.4 Å². The Hall–Kier alpha value is -2.20. The molecule has 1 aromatic carbocycles. The number of carbonyl (C=O) groups is 2. The molecule has 1 aliphatic heterocycles. The molecule has 1 aliphatic rings. The number of nitrogens with one attached hydrogen (secondary N) is 1. The van der Waals surface area contributed by atoms with Crippen molar-refractivity contribution in [2.24, 2.45) is 0 Å². The number of ether oxygens (including phenoxy) is 1. The van der Waals surface area contributed by atoms with Crippen LogP contribution in [-0.2, 0) is 19.4 Å². The smallest absolute Gasteiger partial charge is 0.340 e. The van der Waals surface area contributed by atoms with Gasteiger partial charge in [0.05, 0.1) is 27.0 Å². The molecule has 0 unspecified atom stereocenters. The summed E-state index contributed by atoms with van der Waals surface area (Å²) in [6.07, 6.45) is 0.304. The van der Waals surface area contributed by atoms with Crippen LogP contribution in [0.15, 0.2) is 18.2 Å². The van der Waals surface area contributed by atoms with Crippen molar-refractivity contribution in [1.29, 1.82) is 0 Å². The van der Waals surface area contributed by atoms with Crippen molar-refractivity contribution in [1.82, 2.24) is 5.32 Å². The second-order valence-corrected chi connectivity index (χ2v) is 7.80. The number of rotatable bonds is 5. The minimum atomic E-state index is -3.14. The Balaban J connectivity index is 1.92. The Kier molecular flexibility index (Phi) is 5.40. The van der Waals surface area contributed by atoms with E-state index in [0.29, 0.717) is 6.42 Å². The predicted octanol–water partition coefficient (Wildman–Crippen LogP) is 0.708. The Bertz CT molecular complexity index is 794. The number of nitro groups is 1. The SMILES string of the molecule is O=C(COC(=O)c1cc([N+](=O)[O-])ccc1Cl)N[C@@H]1CCS(=O)(=O)C1. The van der Waals surface area contributed by atoms with E-state index < -0.39 is 39.3 Å². The molecule has 0 saturated carbocycles. The van der Waals surface area contributed by atoms with E-state index in [1.54, 1.807) is 0 Å². The molecule has 1 heterocycles. The molecule has 24 heavy (non-hydrogen) atoms. The number of amides is 1. The number of nitro benzene ring substituents is 1. The van der Waals surface area contributed by atoms with Crippen molar-refractivity contribution < 1.29 is 27.7 Å². The molecule has 11 heteroatoms. The third kappa shape index (κ3) is 4.65. The highest BCUT2D eigenvalue weighted by Gasteiger charge is 2.29. The highest BCUT2D eigenvalue weighted by Crippen LogP contribution is 2.22. The summed E-state index contributed by atoms with van der Waals surface area (Å²) in [5, 5.41) is 13.1. The number of hydrogen-bond donors (Lipinski definition) is 1. The maximum absolute atomic E-state index is 11.9. The van der Waals surface area contributed by atoms with Gasteiger partial charge in [-0.05, 0) is 12.5 Å². The molecule has 130 valence electrons. The average molecular weight is 377 g/mol. The highest BCUT2D eigenvalue weighted by molar-refractivity contribution is 7.91. The Labute approximate surface area is 142 Å². The van der Waals surface area contributed by atoms with Gasteiger partial charge in [0.25, 0.3) is 11.6 Å². The molecule has 0 aromatic heterocycles. The zero-order valence-corrected chi connectivity index (χ0v) is 13.8. The highest BCUT2D eigenvalue weighted by atomic mass is 35.5. The van der Waals surface area contributed by atoms with E-state index in [1.165, 1.54) is 6.07 Å². The zero-order chi connectivity index (χ0) is 17.9. The Morgan fingerprint density at radius 2 is 2.12 bits per heavy atom. The third-order valence-corrected chi connectivity index (χ3v) is 5.41. The lowest BCUT2D eigenvalue weighted by Gasteiger charge is -2.11. The molecule has 1 N–H and O–H groups in total. The first-order valence-corrected chi connectivity index (χ1v) is 8.99. The summed E-state index contributed by atoms with van der Waals surface area (Å²) < 4.78 is 27.3. The lowest BCUT2D eigenvalue weighted by atomic mass is 10.2. The van der Waals surface area contributed by atoms with Gasteiger partial charge in [0, 0.05) is 18.2 Å². The fourth-order valence-electron chi connectivity index (χ4n) is 2.17. The molecule has 1 amide bonds. The van der Waals surface area contributed by atoms with Crippen molar-refractivity contribution in [2.75, 3.05) is 18.1 Å². The van der Waals surface area contributed by atoms with Crippen molar-refractivity contribution in [2.45, 2.75) is 12.5 Å². The summed E-state index contributed by atoms with van der Waals surface area (Å²) in [7, 11) is -3.14. The van der Waals surface area contributed by atoms with Gasteiger partial charge in [-0.1, -0.05) is 11.6 Å². The molecule has 0 spiro atoms. The van der Waals surface area contributed by atoms with Crippen LogP contribution in [0.25, 0.3) is 0 Å². The number of sulfone groups is 1. The predicted molar refractivity (Wildman–Crippen MR) is 83.6 cm³/mol. The van der Waals surface area contributed by atoms with Crippen molar-refractivity contribution in [3.63, 3.8) is 0 Å². The molecule has 1 aromatic rings. The Morgan fingerprint density at radius 1 is 1.42 bits per heavy atom. The monoisotopic (exact) mass is 376 g/mol. The number of nitrogens with zero attached hydrogens (tertiary/aromatic N) is 1. The van der Waals surface area contributed by atoms with E-state index in [2.05, 4.69) is 5.32 Å². The van der Waals surface area contributed by atoms with E-state index >= 15 is 0 Å². The van der Waals surface area contributed by atoms with Gasteiger partial charge in [0.1, 0.15) is 0 Å². The van der Waals surface area contributed by atoms with Gasteiger partial charge in [-0.15, -0.1) is 0 Å². The molecular formula is C13H13ClN2O7S. The summed E-state index contributed by atoms with van der Waals surface area (Å²) in [6, 6.07) is 2.75. The summed E-state index contributed by atoms with van der Waals surface area (Å²) in [5.41, 5.74) is -0.575. The molecule has 1 saturated heterocycles. The molecule has 2 rings (SSSR count). The number of halogens is 1. The number of benzene rings is 1. The van der Waals surface area contributed by atoms with Gasteiger partial charge in [-0.25, -0.2) is 13.2 Å². The standard InChI is InChI=1S/C13H13ClN2O7S/c14-11-2-1-9(16(19)20)5-10(11)13(18)23-6-12(17)15-8-3-4-24(21,22)7-8/h1-2,5,8H,3-4,6-7H2,(H,15,17)/t8-/m1/s1. The van der Waals surface area contributed by atoms with Crippen LogP contribution < -0.4 is 5.32 Å². The van der Waals surface area contributed by atoms with E-state index in [9.17, 15) is 28.1 Å². The lowest BCUT2D eigenvalue weighted by molar-refractivity contribution is -0.384. The lowest BCUT2D eigenvalue weighted by Crippen LogP contribution is -2.38. The van der Waals surface area contributed by atoms with Crippen LogP contribution in [0.1, 0.15) is 16.8 Å². The third-order valence-electron chi connectivity index (χ3n) is 3.31. The second kappa shape index (κ2) is 7.14. The summed E-state index contributed by atoms with van der Waals surface area (Å²) in [4.78, 5) is 33.6. The van der Waals surface area contributed by atoms with Crippen LogP contribution >= 0.6 is 11.6 Å².